The molecule has 0 amide bonds. The molecule has 26 heavy (non-hydrogen) atoms. The third-order valence-corrected chi connectivity index (χ3v) is 4.83. The Kier molecular flexibility index (Phi) is 5.65. The molecule has 0 N–H and O–H groups in total. The zero-order valence-electron chi connectivity index (χ0n) is 13.8. The van der Waals surface area contributed by atoms with Crippen LogP contribution in [0.25, 0.3) is 0 Å². The van der Waals surface area contributed by atoms with Gasteiger partial charge in [-0.05, 0) is 40.3 Å². The number of nitrogens with zero attached hydrogens (tertiary/aromatic N) is 2. The fraction of sp³-hybridized carbons (Fsp3) is 0.158. The van der Waals surface area contributed by atoms with E-state index < -0.39 is 24.2 Å². The van der Waals surface area contributed by atoms with Crippen molar-refractivity contribution < 1.29 is 18.3 Å². The van der Waals surface area contributed by atoms with Crippen molar-refractivity contribution in [2.24, 2.45) is 7.05 Å². The summed E-state index contributed by atoms with van der Waals surface area (Å²) in [4.78, 5) is 12.6. The Balaban J connectivity index is 1.96. The van der Waals surface area contributed by atoms with Crippen molar-refractivity contribution >= 4 is 28.6 Å². The summed E-state index contributed by atoms with van der Waals surface area (Å²) in [5.41, 5.74) is 1.14. The minimum atomic E-state index is -2.75. The summed E-state index contributed by atoms with van der Waals surface area (Å²) in [6.45, 7) is 0. The van der Waals surface area contributed by atoms with Crippen LogP contribution in [0.15, 0.2) is 60.7 Å². The van der Waals surface area contributed by atoms with Crippen LogP contribution in [0.1, 0.15) is 39.8 Å². The Hall–Kier alpha value is -2.29. The quantitative estimate of drug-likeness (QED) is 0.395. The Morgan fingerprint density at radius 3 is 2.38 bits per heavy atom. The first-order chi connectivity index (χ1) is 12.5. The van der Waals surface area contributed by atoms with E-state index in [1.165, 1.54) is 7.05 Å². The summed E-state index contributed by atoms with van der Waals surface area (Å²) < 4.78 is 33.4. The Morgan fingerprint density at radius 1 is 1.12 bits per heavy atom. The van der Waals surface area contributed by atoms with Crippen molar-refractivity contribution in [3.05, 3.63) is 86.7 Å². The molecule has 0 saturated heterocycles. The van der Waals surface area contributed by atoms with Crippen LogP contribution < -0.4 is 0 Å². The number of hydrogen-bond acceptors (Lipinski definition) is 3. The van der Waals surface area contributed by atoms with Gasteiger partial charge in [0.2, 0.25) is 0 Å². The highest BCUT2D eigenvalue weighted by Gasteiger charge is 2.25. The third kappa shape index (κ3) is 3.92. The van der Waals surface area contributed by atoms with E-state index in [4.69, 9.17) is 4.74 Å². The van der Waals surface area contributed by atoms with Crippen molar-refractivity contribution in [1.82, 2.24) is 9.78 Å². The lowest BCUT2D eigenvalue weighted by Gasteiger charge is -2.20. The predicted octanol–water partition coefficient (Wildman–Crippen LogP) is 4.91. The molecule has 1 unspecified atom stereocenters. The number of benzene rings is 2. The van der Waals surface area contributed by atoms with Gasteiger partial charge >= 0.3 is 5.97 Å². The third-order valence-electron chi connectivity index (χ3n) is 3.85. The van der Waals surface area contributed by atoms with E-state index in [2.05, 4.69) is 27.7 Å². The Morgan fingerprint density at radius 2 is 1.77 bits per heavy atom. The molecule has 1 aromatic heterocycles. The maximum absolute atomic E-state index is 12.8. The second-order valence-electron chi connectivity index (χ2n) is 5.60. The molecule has 0 aliphatic rings. The molecule has 0 aliphatic heterocycles. The monoisotopic (exact) mass is 468 g/mol. The van der Waals surface area contributed by atoms with E-state index in [0.717, 1.165) is 25.4 Å². The summed E-state index contributed by atoms with van der Waals surface area (Å²) in [6.07, 6.45) is -3.40. The first-order valence-corrected chi connectivity index (χ1v) is 8.87. The SMILES string of the molecule is Cn1nc(C(F)F)cc1C(=O)OC(c1ccccc1)c1ccccc1I. The molecular weight excluding hydrogens is 453 g/mol. The number of alkyl halides is 2. The van der Waals surface area contributed by atoms with E-state index in [1.54, 1.807) is 0 Å². The molecule has 0 aliphatic carbocycles. The topological polar surface area (TPSA) is 44.1 Å². The van der Waals surface area contributed by atoms with Crippen molar-refractivity contribution in [3.63, 3.8) is 0 Å². The predicted molar refractivity (Wildman–Crippen MR) is 101 cm³/mol. The van der Waals surface area contributed by atoms with Crippen LogP contribution in [0.5, 0.6) is 0 Å². The smallest absolute Gasteiger partial charge is 0.357 e. The van der Waals surface area contributed by atoms with E-state index in [-0.39, 0.29) is 5.69 Å². The first-order valence-electron chi connectivity index (χ1n) is 7.80. The Labute approximate surface area is 162 Å². The van der Waals surface area contributed by atoms with Gasteiger partial charge in [-0.15, -0.1) is 0 Å². The van der Waals surface area contributed by atoms with Gasteiger partial charge in [-0.1, -0.05) is 48.5 Å². The van der Waals surface area contributed by atoms with Gasteiger partial charge in [0.25, 0.3) is 6.43 Å². The van der Waals surface area contributed by atoms with Crippen molar-refractivity contribution in [3.8, 4) is 0 Å². The molecule has 3 aromatic rings. The van der Waals surface area contributed by atoms with Gasteiger partial charge in [0, 0.05) is 16.2 Å². The number of carbonyl (C=O) groups excluding carboxylic acids is 1. The van der Waals surface area contributed by atoms with Crippen LogP contribution in [0.2, 0.25) is 0 Å². The average Bonchev–Trinajstić information content (AvgIpc) is 3.03. The van der Waals surface area contributed by atoms with Crippen LogP contribution in [-0.4, -0.2) is 15.7 Å². The summed E-state index contributed by atoms with van der Waals surface area (Å²) >= 11 is 2.18. The van der Waals surface area contributed by atoms with E-state index in [9.17, 15) is 13.6 Å². The van der Waals surface area contributed by atoms with Crippen LogP contribution in [-0.2, 0) is 11.8 Å². The molecule has 0 spiro atoms. The number of esters is 1. The van der Waals surface area contributed by atoms with Gasteiger partial charge in [-0.25, -0.2) is 13.6 Å². The van der Waals surface area contributed by atoms with E-state index in [0.29, 0.717) is 0 Å². The normalized spacial score (nSPS) is 12.2. The standard InChI is InChI=1S/C19H15F2IN2O2/c1-24-16(11-15(23-24)18(20)21)19(25)26-17(12-7-3-2-4-8-12)13-9-5-6-10-14(13)22/h2-11,17-18H,1H3. The second-order valence-corrected chi connectivity index (χ2v) is 6.76. The zero-order valence-corrected chi connectivity index (χ0v) is 15.9. The minimum Gasteiger partial charge on any atom is -0.448 e. The van der Waals surface area contributed by atoms with Gasteiger partial charge in [0.1, 0.15) is 11.4 Å². The lowest BCUT2D eigenvalue weighted by Crippen LogP contribution is -2.16. The summed E-state index contributed by atoms with van der Waals surface area (Å²) in [5, 5.41) is 3.67. The number of rotatable bonds is 5. The molecule has 134 valence electrons. The summed E-state index contributed by atoms with van der Waals surface area (Å²) in [6, 6.07) is 17.9. The second kappa shape index (κ2) is 7.94. The highest BCUT2D eigenvalue weighted by atomic mass is 127. The number of aromatic nitrogens is 2. The number of hydrogen-bond donors (Lipinski definition) is 0. The molecule has 1 atom stereocenters. The van der Waals surface area contributed by atoms with Crippen molar-refractivity contribution in [1.29, 1.82) is 0 Å². The van der Waals surface area contributed by atoms with Gasteiger partial charge in [0.05, 0.1) is 0 Å². The number of halogens is 3. The number of ether oxygens (including phenoxy) is 1. The van der Waals surface area contributed by atoms with Gasteiger partial charge in [0.15, 0.2) is 6.10 Å². The fourth-order valence-electron chi connectivity index (χ4n) is 2.58. The molecule has 2 aromatic carbocycles. The Bertz CT molecular complexity index is 913. The molecule has 0 bridgehead atoms. The maximum atomic E-state index is 12.8. The molecule has 0 radical (unpaired) electrons. The highest BCUT2D eigenvalue weighted by Crippen LogP contribution is 2.30. The molecule has 0 saturated carbocycles. The van der Waals surface area contributed by atoms with Crippen molar-refractivity contribution in [2.45, 2.75) is 12.5 Å². The highest BCUT2D eigenvalue weighted by molar-refractivity contribution is 14.1. The van der Waals surface area contributed by atoms with Gasteiger partial charge < -0.3 is 4.74 Å². The summed E-state index contributed by atoms with van der Waals surface area (Å²) in [5.74, 6) is -0.708. The molecule has 1 heterocycles. The van der Waals surface area contributed by atoms with Crippen LogP contribution in [0.4, 0.5) is 8.78 Å². The van der Waals surface area contributed by atoms with Crippen molar-refractivity contribution in [2.75, 3.05) is 0 Å². The molecule has 4 nitrogen and oxygen atoms in total. The fourth-order valence-corrected chi connectivity index (χ4v) is 3.25. The largest absolute Gasteiger partial charge is 0.448 e. The number of aryl methyl sites for hydroxylation is 1. The minimum absolute atomic E-state index is 0.0211. The van der Waals surface area contributed by atoms with E-state index in [1.807, 2.05) is 54.6 Å². The van der Waals surface area contributed by atoms with Gasteiger partial charge in [-0.2, -0.15) is 5.10 Å². The molecular formula is C19H15F2IN2O2. The average molecular weight is 468 g/mol. The van der Waals surface area contributed by atoms with E-state index >= 15 is 0 Å². The summed E-state index contributed by atoms with van der Waals surface area (Å²) in [7, 11) is 1.44. The maximum Gasteiger partial charge on any atom is 0.357 e. The molecule has 3 rings (SSSR count). The van der Waals surface area contributed by atoms with Crippen LogP contribution in [0.3, 0.4) is 0 Å². The van der Waals surface area contributed by atoms with Crippen LogP contribution in [0, 0.1) is 3.57 Å². The van der Waals surface area contributed by atoms with Crippen LogP contribution >= 0.6 is 22.6 Å². The molecule has 0 fully saturated rings. The lowest BCUT2D eigenvalue weighted by molar-refractivity contribution is 0.0364. The lowest BCUT2D eigenvalue weighted by atomic mass is 10.0. The zero-order chi connectivity index (χ0) is 18.7. The van der Waals surface area contributed by atoms with Gasteiger partial charge in [-0.3, -0.25) is 4.68 Å². The number of carbonyl (C=O) groups is 1. The first kappa shape index (κ1) is 18.5. The molecule has 7 heteroatoms.